The molecule has 0 aliphatic rings. The Morgan fingerprint density at radius 2 is 1.84 bits per heavy atom. The van der Waals surface area contributed by atoms with Gasteiger partial charge in [0.1, 0.15) is 6.04 Å². The molecule has 1 aromatic rings. The normalized spacial score (nSPS) is 11.9. The highest BCUT2D eigenvalue weighted by atomic mass is 16.4. The van der Waals surface area contributed by atoms with Gasteiger partial charge in [0.15, 0.2) is 0 Å². The third-order valence-electron chi connectivity index (χ3n) is 3.21. The Balaban J connectivity index is 3.03. The van der Waals surface area contributed by atoms with E-state index in [2.05, 4.69) is 0 Å². The van der Waals surface area contributed by atoms with E-state index in [1.54, 1.807) is 11.8 Å². The van der Waals surface area contributed by atoms with Gasteiger partial charge in [-0.2, -0.15) is 0 Å². The lowest BCUT2D eigenvalue weighted by atomic mass is 10.1. The molecule has 0 aromatic heterocycles. The zero-order valence-corrected chi connectivity index (χ0v) is 11.4. The highest BCUT2D eigenvalue weighted by Crippen LogP contribution is 2.21. The molecule has 0 amide bonds. The molecule has 0 bridgehead atoms. The molecule has 0 aliphatic heterocycles. The summed E-state index contributed by atoms with van der Waals surface area (Å²) in [6.45, 7) is 5.64. The number of nitrogens with zero attached hydrogens (tertiary/aromatic N) is 1. The summed E-state index contributed by atoms with van der Waals surface area (Å²) in [6.07, 6.45) is -0.0927. The predicted octanol–water partition coefficient (Wildman–Crippen LogP) is 2.06. The fourth-order valence-electron chi connectivity index (χ4n) is 1.80. The van der Waals surface area contributed by atoms with Crippen LogP contribution >= 0.6 is 0 Å². The molecule has 1 unspecified atom stereocenters. The summed E-state index contributed by atoms with van der Waals surface area (Å²) in [5.74, 6) is -1.91. The van der Waals surface area contributed by atoms with E-state index in [-0.39, 0.29) is 13.0 Å². The topological polar surface area (TPSA) is 77.8 Å². The lowest BCUT2D eigenvalue weighted by molar-refractivity contribution is -0.139. The largest absolute Gasteiger partial charge is 0.481 e. The second kappa shape index (κ2) is 6.22. The SMILES string of the molecule is Cc1ccc(N(CCC(=O)O)C(C)C(=O)O)cc1C. The standard InChI is InChI=1S/C14H19NO4/c1-9-4-5-12(8-10(9)2)15(7-6-13(16)17)11(3)14(18)19/h4-5,8,11H,6-7H2,1-3H3,(H,16,17)(H,18,19). The number of carboxylic acid groups (broad SMARTS) is 2. The second-order valence-electron chi connectivity index (χ2n) is 4.62. The van der Waals surface area contributed by atoms with Gasteiger partial charge in [-0.15, -0.1) is 0 Å². The van der Waals surface area contributed by atoms with Crippen LogP contribution in [0.4, 0.5) is 5.69 Å². The van der Waals surface area contributed by atoms with E-state index in [1.165, 1.54) is 0 Å². The molecule has 0 saturated heterocycles. The van der Waals surface area contributed by atoms with Gasteiger partial charge >= 0.3 is 11.9 Å². The van der Waals surface area contributed by atoms with Crippen molar-refractivity contribution >= 4 is 17.6 Å². The summed E-state index contributed by atoms with van der Waals surface area (Å²) in [5.41, 5.74) is 2.90. The number of aryl methyl sites for hydroxylation is 2. The van der Waals surface area contributed by atoms with Crippen LogP contribution < -0.4 is 4.90 Å². The number of rotatable bonds is 6. The van der Waals surface area contributed by atoms with Crippen molar-refractivity contribution in [2.75, 3.05) is 11.4 Å². The van der Waals surface area contributed by atoms with Gasteiger partial charge in [0.05, 0.1) is 6.42 Å². The third kappa shape index (κ3) is 3.98. The maximum Gasteiger partial charge on any atom is 0.326 e. The molecule has 0 spiro atoms. The van der Waals surface area contributed by atoms with Gasteiger partial charge in [-0.3, -0.25) is 4.79 Å². The lowest BCUT2D eigenvalue weighted by Crippen LogP contribution is -2.40. The summed E-state index contributed by atoms with van der Waals surface area (Å²) in [7, 11) is 0. The zero-order valence-electron chi connectivity index (χ0n) is 11.4. The van der Waals surface area contributed by atoms with E-state index in [0.29, 0.717) is 0 Å². The monoisotopic (exact) mass is 265 g/mol. The summed E-state index contributed by atoms with van der Waals surface area (Å²) < 4.78 is 0. The van der Waals surface area contributed by atoms with Crippen LogP contribution in [-0.4, -0.2) is 34.7 Å². The Morgan fingerprint density at radius 1 is 1.21 bits per heavy atom. The number of benzene rings is 1. The van der Waals surface area contributed by atoms with E-state index in [0.717, 1.165) is 16.8 Å². The van der Waals surface area contributed by atoms with Crippen LogP contribution in [0.3, 0.4) is 0 Å². The molecular formula is C14H19NO4. The van der Waals surface area contributed by atoms with Gasteiger partial charge in [0.2, 0.25) is 0 Å². The number of carboxylic acids is 2. The molecule has 5 heteroatoms. The average Bonchev–Trinajstić information content (AvgIpc) is 2.33. The minimum atomic E-state index is -0.969. The van der Waals surface area contributed by atoms with Crippen molar-refractivity contribution in [1.82, 2.24) is 0 Å². The fraction of sp³-hybridized carbons (Fsp3) is 0.429. The fourth-order valence-corrected chi connectivity index (χ4v) is 1.80. The molecule has 104 valence electrons. The highest BCUT2D eigenvalue weighted by Gasteiger charge is 2.21. The molecule has 0 aliphatic carbocycles. The molecule has 19 heavy (non-hydrogen) atoms. The number of aliphatic carboxylic acids is 2. The molecule has 0 heterocycles. The van der Waals surface area contributed by atoms with Crippen molar-refractivity contribution in [2.45, 2.75) is 33.2 Å². The van der Waals surface area contributed by atoms with Crippen molar-refractivity contribution in [2.24, 2.45) is 0 Å². The van der Waals surface area contributed by atoms with Gasteiger partial charge in [-0.25, -0.2) is 4.79 Å². The van der Waals surface area contributed by atoms with Gasteiger partial charge < -0.3 is 15.1 Å². The highest BCUT2D eigenvalue weighted by molar-refractivity contribution is 5.78. The van der Waals surface area contributed by atoms with E-state index in [4.69, 9.17) is 10.2 Å². The first-order valence-electron chi connectivity index (χ1n) is 6.11. The minimum Gasteiger partial charge on any atom is -0.481 e. The van der Waals surface area contributed by atoms with Crippen molar-refractivity contribution < 1.29 is 19.8 Å². The van der Waals surface area contributed by atoms with Crippen LogP contribution in [0.2, 0.25) is 0 Å². The number of carbonyl (C=O) groups is 2. The average molecular weight is 265 g/mol. The van der Waals surface area contributed by atoms with Crippen molar-refractivity contribution in [3.8, 4) is 0 Å². The smallest absolute Gasteiger partial charge is 0.326 e. The molecule has 0 saturated carbocycles. The zero-order chi connectivity index (χ0) is 14.6. The summed E-state index contributed by atoms with van der Waals surface area (Å²) in [4.78, 5) is 23.4. The second-order valence-corrected chi connectivity index (χ2v) is 4.62. The van der Waals surface area contributed by atoms with E-state index >= 15 is 0 Å². The van der Waals surface area contributed by atoms with E-state index in [1.807, 2.05) is 32.0 Å². The van der Waals surface area contributed by atoms with Crippen molar-refractivity contribution in [3.63, 3.8) is 0 Å². The van der Waals surface area contributed by atoms with Gasteiger partial charge in [0.25, 0.3) is 0 Å². The molecule has 1 rings (SSSR count). The van der Waals surface area contributed by atoms with Crippen molar-refractivity contribution in [3.05, 3.63) is 29.3 Å². The first-order valence-corrected chi connectivity index (χ1v) is 6.11. The molecule has 1 atom stereocenters. The maximum atomic E-state index is 11.1. The Hall–Kier alpha value is -2.04. The molecule has 2 N–H and O–H groups in total. The van der Waals surface area contributed by atoms with Gasteiger partial charge in [-0.05, 0) is 44.0 Å². The molecular weight excluding hydrogens is 246 g/mol. The first-order chi connectivity index (χ1) is 8.82. The van der Waals surface area contributed by atoms with E-state index < -0.39 is 18.0 Å². The van der Waals surface area contributed by atoms with Crippen LogP contribution in [0.1, 0.15) is 24.5 Å². The molecule has 0 radical (unpaired) electrons. The number of anilines is 1. The number of hydrogen-bond donors (Lipinski definition) is 2. The van der Waals surface area contributed by atoms with Crippen LogP contribution in [0.15, 0.2) is 18.2 Å². The third-order valence-corrected chi connectivity index (χ3v) is 3.21. The molecule has 5 nitrogen and oxygen atoms in total. The summed E-state index contributed by atoms with van der Waals surface area (Å²) in [6, 6.07) is 4.86. The summed E-state index contributed by atoms with van der Waals surface area (Å²) in [5, 5.41) is 17.9. The number of hydrogen-bond acceptors (Lipinski definition) is 3. The van der Waals surface area contributed by atoms with Crippen molar-refractivity contribution in [1.29, 1.82) is 0 Å². The van der Waals surface area contributed by atoms with Crippen LogP contribution in [0.5, 0.6) is 0 Å². The quantitative estimate of drug-likeness (QED) is 0.823. The molecule has 0 fully saturated rings. The van der Waals surface area contributed by atoms with Crippen LogP contribution in [-0.2, 0) is 9.59 Å². The maximum absolute atomic E-state index is 11.1. The van der Waals surface area contributed by atoms with E-state index in [9.17, 15) is 9.59 Å². The Kier molecular flexibility index (Phi) is 4.92. The lowest BCUT2D eigenvalue weighted by Gasteiger charge is -2.28. The Morgan fingerprint density at radius 3 is 2.32 bits per heavy atom. The Bertz CT molecular complexity index is 484. The predicted molar refractivity (Wildman–Crippen MR) is 72.6 cm³/mol. The van der Waals surface area contributed by atoms with Crippen LogP contribution in [0.25, 0.3) is 0 Å². The first kappa shape index (κ1) is 15.0. The Labute approximate surface area is 112 Å². The van der Waals surface area contributed by atoms with Gasteiger partial charge in [-0.1, -0.05) is 6.07 Å². The minimum absolute atomic E-state index is 0.0927. The van der Waals surface area contributed by atoms with Crippen LogP contribution in [0, 0.1) is 13.8 Å². The van der Waals surface area contributed by atoms with Gasteiger partial charge in [0, 0.05) is 12.2 Å². The summed E-state index contributed by atoms with van der Waals surface area (Å²) >= 11 is 0. The molecule has 1 aromatic carbocycles.